The van der Waals surface area contributed by atoms with E-state index >= 15 is 0 Å². The number of benzene rings is 1. The van der Waals surface area contributed by atoms with E-state index in [0.29, 0.717) is 4.80 Å². The Hall–Kier alpha value is -0.610. The lowest BCUT2D eigenvalue weighted by molar-refractivity contribution is 0.529. The van der Waals surface area contributed by atoms with Gasteiger partial charge in [-0.15, -0.1) is 0 Å². The molecule has 2 aromatic rings. The normalized spacial score (nSPS) is 10.3. The third kappa shape index (κ3) is 1.84. The first-order valence-electron chi connectivity index (χ1n) is 3.63. The minimum Gasteiger partial charge on any atom is -0.439 e. The SMILES string of the molecule is Brc1nc(-c2ccccc2Br)co1. The molecule has 0 bridgehead atoms. The molecule has 13 heavy (non-hydrogen) atoms. The van der Waals surface area contributed by atoms with E-state index < -0.39 is 0 Å². The van der Waals surface area contributed by atoms with Crippen LogP contribution in [0.5, 0.6) is 0 Å². The summed E-state index contributed by atoms with van der Waals surface area (Å²) in [4.78, 5) is 4.66. The van der Waals surface area contributed by atoms with Crippen LogP contribution in [-0.2, 0) is 0 Å². The minimum atomic E-state index is 0.498. The number of nitrogens with zero attached hydrogens (tertiary/aromatic N) is 1. The van der Waals surface area contributed by atoms with Gasteiger partial charge in [0.1, 0.15) is 12.0 Å². The monoisotopic (exact) mass is 301 g/mol. The molecule has 0 saturated carbocycles. The molecule has 0 aliphatic heterocycles. The summed E-state index contributed by atoms with van der Waals surface area (Å²) in [6.07, 6.45) is 1.62. The van der Waals surface area contributed by atoms with Gasteiger partial charge in [0.25, 0.3) is 4.80 Å². The van der Waals surface area contributed by atoms with Crippen molar-refractivity contribution in [2.24, 2.45) is 0 Å². The molecule has 0 atom stereocenters. The van der Waals surface area contributed by atoms with Gasteiger partial charge in [-0.05, 0) is 6.07 Å². The first-order valence-corrected chi connectivity index (χ1v) is 5.22. The number of hydrogen-bond acceptors (Lipinski definition) is 2. The highest BCUT2D eigenvalue weighted by Crippen LogP contribution is 2.27. The number of hydrogen-bond donors (Lipinski definition) is 0. The van der Waals surface area contributed by atoms with Gasteiger partial charge < -0.3 is 4.42 Å². The van der Waals surface area contributed by atoms with Crippen LogP contribution in [0.15, 0.2) is 44.2 Å². The Morgan fingerprint density at radius 1 is 1.15 bits per heavy atom. The van der Waals surface area contributed by atoms with E-state index in [1.807, 2.05) is 24.3 Å². The summed E-state index contributed by atoms with van der Waals surface area (Å²) in [7, 11) is 0. The van der Waals surface area contributed by atoms with Gasteiger partial charge in [-0.3, -0.25) is 0 Å². The molecule has 0 N–H and O–H groups in total. The van der Waals surface area contributed by atoms with Crippen molar-refractivity contribution in [2.45, 2.75) is 0 Å². The number of halogens is 2. The molecule has 0 radical (unpaired) electrons. The van der Waals surface area contributed by atoms with Gasteiger partial charge in [0, 0.05) is 26.0 Å². The van der Waals surface area contributed by atoms with Crippen molar-refractivity contribution in [2.75, 3.05) is 0 Å². The zero-order chi connectivity index (χ0) is 9.26. The van der Waals surface area contributed by atoms with E-state index in [4.69, 9.17) is 4.42 Å². The Kier molecular flexibility index (Phi) is 2.51. The zero-order valence-corrected chi connectivity index (χ0v) is 9.67. The standard InChI is InChI=1S/C9H5Br2NO/c10-7-4-2-1-3-6(7)8-5-13-9(11)12-8/h1-5H. The molecular formula is C9H5Br2NO. The molecular weight excluding hydrogens is 298 g/mol. The third-order valence-corrected chi connectivity index (χ3v) is 2.68. The summed E-state index contributed by atoms with van der Waals surface area (Å²) < 4.78 is 6.07. The molecule has 4 heteroatoms. The van der Waals surface area contributed by atoms with Crippen LogP contribution in [-0.4, -0.2) is 4.98 Å². The lowest BCUT2D eigenvalue weighted by Gasteiger charge is -1.97. The second-order valence-corrected chi connectivity index (χ2v) is 4.00. The predicted molar refractivity (Wildman–Crippen MR) is 57.3 cm³/mol. The van der Waals surface area contributed by atoms with E-state index in [-0.39, 0.29) is 0 Å². The topological polar surface area (TPSA) is 26.0 Å². The van der Waals surface area contributed by atoms with Crippen molar-refractivity contribution in [1.29, 1.82) is 0 Å². The highest BCUT2D eigenvalue weighted by molar-refractivity contribution is 9.10. The van der Waals surface area contributed by atoms with Crippen LogP contribution in [0.25, 0.3) is 11.3 Å². The van der Waals surface area contributed by atoms with E-state index in [9.17, 15) is 0 Å². The van der Waals surface area contributed by atoms with Gasteiger partial charge in [-0.25, -0.2) is 4.98 Å². The summed E-state index contributed by atoms with van der Waals surface area (Å²) in [5.41, 5.74) is 1.84. The molecule has 0 unspecified atom stereocenters. The predicted octanol–water partition coefficient (Wildman–Crippen LogP) is 3.87. The number of oxazole rings is 1. The summed E-state index contributed by atoms with van der Waals surface area (Å²) in [6.45, 7) is 0. The van der Waals surface area contributed by atoms with Gasteiger partial charge in [-0.2, -0.15) is 0 Å². The van der Waals surface area contributed by atoms with Crippen LogP contribution in [0.4, 0.5) is 0 Å². The fourth-order valence-corrected chi connectivity index (χ4v) is 1.82. The third-order valence-electron chi connectivity index (χ3n) is 1.63. The van der Waals surface area contributed by atoms with Crippen LogP contribution in [0.3, 0.4) is 0 Å². The maximum absolute atomic E-state index is 5.06. The summed E-state index contributed by atoms with van der Waals surface area (Å²) in [5.74, 6) is 0. The number of aromatic nitrogens is 1. The average molecular weight is 303 g/mol. The molecule has 1 aromatic carbocycles. The van der Waals surface area contributed by atoms with Gasteiger partial charge >= 0.3 is 0 Å². The van der Waals surface area contributed by atoms with Crippen molar-refractivity contribution in [3.63, 3.8) is 0 Å². The van der Waals surface area contributed by atoms with Crippen LogP contribution in [0.2, 0.25) is 0 Å². The Balaban J connectivity index is 2.52. The highest BCUT2D eigenvalue weighted by atomic mass is 79.9. The molecule has 0 aliphatic carbocycles. The minimum absolute atomic E-state index is 0.498. The second kappa shape index (κ2) is 3.64. The number of rotatable bonds is 1. The Morgan fingerprint density at radius 3 is 2.54 bits per heavy atom. The summed E-state index contributed by atoms with van der Waals surface area (Å²) in [6, 6.07) is 7.87. The molecule has 1 heterocycles. The van der Waals surface area contributed by atoms with Gasteiger partial charge in [-0.1, -0.05) is 34.1 Å². The van der Waals surface area contributed by atoms with Crippen molar-refractivity contribution in [3.8, 4) is 11.3 Å². The first-order chi connectivity index (χ1) is 6.27. The van der Waals surface area contributed by atoms with E-state index in [1.165, 1.54) is 0 Å². The fourth-order valence-electron chi connectivity index (χ4n) is 1.04. The Morgan fingerprint density at radius 2 is 1.92 bits per heavy atom. The molecule has 1 aromatic heterocycles. The van der Waals surface area contributed by atoms with Gasteiger partial charge in [0.15, 0.2) is 0 Å². The average Bonchev–Trinajstić information content (AvgIpc) is 2.53. The Labute approximate surface area is 92.2 Å². The maximum atomic E-state index is 5.06. The molecule has 0 spiro atoms. The summed E-state index contributed by atoms with van der Waals surface area (Å²) in [5, 5.41) is 0. The van der Waals surface area contributed by atoms with Crippen LogP contribution in [0.1, 0.15) is 0 Å². The van der Waals surface area contributed by atoms with E-state index in [0.717, 1.165) is 15.7 Å². The first kappa shape index (κ1) is 8.97. The van der Waals surface area contributed by atoms with Gasteiger partial charge in [0.05, 0.1) is 0 Å². The van der Waals surface area contributed by atoms with E-state index in [1.54, 1.807) is 6.26 Å². The molecule has 2 rings (SSSR count). The maximum Gasteiger partial charge on any atom is 0.264 e. The van der Waals surface area contributed by atoms with Crippen LogP contribution >= 0.6 is 31.9 Å². The van der Waals surface area contributed by atoms with Crippen molar-refractivity contribution in [3.05, 3.63) is 39.8 Å². The van der Waals surface area contributed by atoms with Gasteiger partial charge in [0.2, 0.25) is 0 Å². The smallest absolute Gasteiger partial charge is 0.264 e. The lowest BCUT2D eigenvalue weighted by Crippen LogP contribution is -1.78. The van der Waals surface area contributed by atoms with Crippen LogP contribution < -0.4 is 0 Å². The van der Waals surface area contributed by atoms with Crippen molar-refractivity contribution < 1.29 is 4.42 Å². The Bertz CT molecular complexity index is 425. The van der Waals surface area contributed by atoms with Crippen molar-refractivity contribution in [1.82, 2.24) is 4.98 Å². The highest BCUT2D eigenvalue weighted by Gasteiger charge is 2.06. The molecule has 0 fully saturated rings. The van der Waals surface area contributed by atoms with Crippen LogP contribution in [0, 0.1) is 0 Å². The van der Waals surface area contributed by atoms with E-state index in [2.05, 4.69) is 36.8 Å². The molecule has 0 saturated heterocycles. The largest absolute Gasteiger partial charge is 0.439 e. The molecule has 66 valence electrons. The quantitative estimate of drug-likeness (QED) is 0.799. The molecule has 0 amide bonds. The second-order valence-electron chi connectivity index (χ2n) is 2.47. The zero-order valence-electron chi connectivity index (χ0n) is 6.50. The van der Waals surface area contributed by atoms with Crippen molar-refractivity contribution >= 4 is 31.9 Å². The fraction of sp³-hybridized carbons (Fsp3) is 0. The summed E-state index contributed by atoms with van der Waals surface area (Å²) >= 11 is 6.61. The molecule has 0 aliphatic rings. The molecule has 2 nitrogen and oxygen atoms in total. The lowest BCUT2D eigenvalue weighted by atomic mass is 10.2.